The van der Waals surface area contributed by atoms with Gasteiger partial charge in [-0.2, -0.15) is 0 Å². The summed E-state index contributed by atoms with van der Waals surface area (Å²) in [5.41, 5.74) is 0. The molecule has 3 heteroatoms. The predicted molar refractivity (Wildman–Crippen MR) is 35.1 cm³/mol. The van der Waals surface area contributed by atoms with E-state index in [1.807, 2.05) is 0 Å². The summed E-state index contributed by atoms with van der Waals surface area (Å²) in [4.78, 5) is 16.2. The van der Waals surface area contributed by atoms with Gasteiger partial charge in [0.05, 0.1) is 19.1 Å². The van der Waals surface area contributed by atoms with Gasteiger partial charge in [-0.1, -0.05) is 0 Å². The lowest BCUT2D eigenvalue weighted by molar-refractivity contribution is -0.182. The lowest BCUT2D eigenvalue weighted by Gasteiger charge is -2.32. The van der Waals surface area contributed by atoms with Gasteiger partial charge in [-0.15, -0.1) is 0 Å². The molecule has 1 aliphatic heterocycles. The number of carbonyl (C=O) groups excluding carboxylic acids is 1. The zero-order chi connectivity index (χ0) is 6.97. The molecule has 0 unspecified atom stereocenters. The number of hydrogen-bond donors (Lipinski definition) is 0. The summed E-state index contributed by atoms with van der Waals surface area (Å²) in [5, 5.41) is 1.57. The maximum Gasteiger partial charge on any atom is 0.248 e. The summed E-state index contributed by atoms with van der Waals surface area (Å²) < 4.78 is 0. The van der Waals surface area contributed by atoms with Crippen molar-refractivity contribution in [3.8, 4) is 0 Å². The average Bonchev–Trinajstić information content (AvgIpc) is 2.12. The van der Waals surface area contributed by atoms with E-state index in [0.717, 1.165) is 12.8 Å². The van der Waals surface area contributed by atoms with E-state index in [0.29, 0.717) is 19.1 Å². The molecular weight excluding hydrogens is 130 g/mol. The van der Waals surface area contributed by atoms with Gasteiger partial charge in [-0.25, -0.2) is 5.06 Å². The van der Waals surface area contributed by atoms with Crippen molar-refractivity contribution in [1.82, 2.24) is 5.06 Å². The van der Waals surface area contributed by atoms with E-state index in [2.05, 4.69) is 0 Å². The Balaban J connectivity index is 1.96. The van der Waals surface area contributed by atoms with Gasteiger partial charge < -0.3 is 0 Å². The summed E-state index contributed by atoms with van der Waals surface area (Å²) in [5.74, 6) is 0.171. The summed E-state index contributed by atoms with van der Waals surface area (Å²) in [7, 11) is 0. The minimum absolute atomic E-state index is 0.171. The van der Waals surface area contributed by atoms with Gasteiger partial charge in [0.25, 0.3) is 0 Å². The Labute approximate surface area is 59.9 Å². The van der Waals surface area contributed by atoms with Crippen LogP contribution in [0.1, 0.15) is 25.7 Å². The maximum absolute atomic E-state index is 11.0. The van der Waals surface area contributed by atoms with Gasteiger partial charge >= 0.3 is 0 Å². The molecule has 1 saturated carbocycles. The standard InChI is InChI=1S/C7H11NO2/c9-7-4-5-10-8(7)6-2-1-3-6/h6H,1-5H2. The molecule has 1 aliphatic carbocycles. The number of carbonyl (C=O) groups is 1. The molecule has 1 saturated heterocycles. The molecule has 2 rings (SSSR count). The first-order chi connectivity index (χ1) is 4.88. The number of rotatable bonds is 1. The molecule has 0 aromatic heterocycles. The second-order valence-corrected chi connectivity index (χ2v) is 2.89. The van der Waals surface area contributed by atoms with Crippen LogP contribution in [0.2, 0.25) is 0 Å². The Morgan fingerprint density at radius 3 is 2.70 bits per heavy atom. The van der Waals surface area contributed by atoms with Crippen LogP contribution in [0.25, 0.3) is 0 Å². The van der Waals surface area contributed by atoms with Crippen molar-refractivity contribution in [3.05, 3.63) is 0 Å². The third kappa shape index (κ3) is 0.814. The average molecular weight is 141 g/mol. The highest BCUT2D eigenvalue weighted by Crippen LogP contribution is 2.27. The molecule has 0 spiro atoms. The van der Waals surface area contributed by atoms with Crippen LogP contribution in [0.3, 0.4) is 0 Å². The van der Waals surface area contributed by atoms with Crippen LogP contribution in [0, 0.1) is 0 Å². The van der Waals surface area contributed by atoms with Gasteiger partial charge in [0, 0.05) is 0 Å². The third-order valence-corrected chi connectivity index (χ3v) is 2.20. The highest BCUT2D eigenvalue weighted by atomic mass is 16.7. The fourth-order valence-corrected chi connectivity index (χ4v) is 1.34. The van der Waals surface area contributed by atoms with Crippen LogP contribution < -0.4 is 0 Å². The van der Waals surface area contributed by atoms with Gasteiger partial charge in [-0.3, -0.25) is 9.63 Å². The van der Waals surface area contributed by atoms with E-state index in [4.69, 9.17) is 4.84 Å². The van der Waals surface area contributed by atoms with Gasteiger partial charge in [-0.05, 0) is 19.3 Å². The van der Waals surface area contributed by atoms with Crippen molar-refractivity contribution in [2.24, 2.45) is 0 Å². The van der Waals surface area contributed by atoms with Crippen molar-refractivity contribution in [3.63, 3.8) is 0 Å². The van der Waals surface area contributed by atoms with E-state index in [1.54, 1.807) is 5.06 Å². The van der Waals surface area contributed by atoms with Crippen molar-refractivity contribution in [1.29, 1.82) is 0 Å². The smallest absolute Gasteiger partial charge is 0.248 e. The van der Waals surface area contributed by atoms with E-state index in [9.17, 15) is 4.79 Å². The molecule has 1 amide bonds. The number of hydroxylamine groups is 2. The molecule has 10 heavy (non-hydrogen) atoms. The normalized spacial score (nSPS) is 27.2. The summed E-state index contributed by atoms with van der Waals surface area (Å²) in [6.45, 7) is 0.593. The zero-order valence-electron chi connectivity index (χ0n) is 5.88. The molecule has 2 aliphatic rings. The second kappa shape index (κ2) is 2.23. The first kappa shape index (κ1) is 6.16. The topological polar surface area (TPSA) is 29.5 Å². The second-order valence-electron chi connectivity index (χ2n) is 2.89. The minimum Gasteiger partial charge on any atom is -0.272 e. The van der Waals surface area contributed by atoms with Crippen LogP contribution in [0.15, 0.2) is 0 Å². The van der Waals surface area contributed by atoms with Gasteiger partial charge in [0.15, 0.2) is 0 Å². The minimum atomic E-state index is 0.171. The predicted octanol–water partition coefficient (Wildman–Crippen LogP) is 0.703. The van der Waals surface area contributed by atoms with Crippen LogP contribution >= 0.6 is 0 Å². The molecule has 56 valence electrons. The first-order valence-electron chi connectivity index (χ1n) is 3.83. The molecule has 0 N–H and O–H groups in total. The number of amides is 1. The quantitative estimate of drug-likeness (QED) is 0.538. The Bertz CT molecular complexity index is 154. The van der Waals surface area contributed by atoms with E-state index < -0.39 is 0 Å². The molecule has 2 fully saturated rings. The molecule has 0 bridgehead atoms. The Kier molecular flexibility index (Phi) is 1.38. The zero-order valence-corrected chi connectivity index (χ0v) is 5.88. The largest absolute Gasteiger partial charge is 0.272 e. The van der Waals surface area contributed by atoms with E-state index in [-0.39, 0.29) is 5.91 Å². The monoisotopic (exact) mass is 141 g/mol. The first-order valence-corrected chi connectivity index (χ1v) is 3.83. The van der Waals surface area contributed by atoms with Gasteiger partial charge in [0.2, 0.25) is 5.91 Å². The van der Waals surface area contributed by atoms with Crippen LogP contribution in [-0.2, 0) is 9.63 Å². The molecule has 0 radical (unpaired) electrons. The van der Waals surface area contributed by atoms with E-state index in [1.165, 1.54) is 6.42 Å². The van der Waals surface area contributed by atoms with Crippen molar-refractivity contribution in [2.75, 3.05) is 6.61 Å². The lowest BCUT2D eigenvalue weighted by atomic mass is 9.93. The summed E-state index contributed by atoms with van der Waals surface area (Å²) in [6.07, 6.45) is 4.09. The molecule has 0 aromatic rings. The maximum atomic E-state index is 11.0. The summed E-state index contributed by atoms with van der Waals surface area (Å²) >= 11 is 0. The molecule has 0 aromatic carbocycles. The Morgan fingerprint density at radius 1 is 1.50 bits per heavy atom. The summed E-state index contributed by atoms with van der Waals surface area (Å²) in [6, 6.07) is 0.412. The lowest BCUT2D eigenvalue weighted by Crippen LogP contribution is -2.39. The van der Waals surface area contributed by atoms with E-state index >= 15 is 0 Å². The fraction of sp³-hybridized carbons (Fsp3) is 0.857. The number of hydrogen-bond acceptors (Lipinski definition) is 2. The van der Waals surface area contributed by atoms with Gasteiger partial charge in [0.1, 0.15) is 0 Å². The Hall–Kier alpha value is -0.570. The van der Waals surface area contributed by atoms with Crippen LogP contribution in [-0.4, -0.2) is 23.6 Å². The highest BCUT2D eigenvalue weighted by Gasteiger charge is 2.32. The molecule has 3 nitrogen and oxygen atoms in total. The van der Waals surface area contributed by atoms with Crippen LogP contribution in [0.4, 0.5) is 0 Å². The van der Waals surface area contributed by atoms with Crippen molar-refractivity contribution < 1.29 is 9.63 Å². The van der Waals surface area contributed by atoms with Crippen molar-refractivity contribution in [2.45, 2.75) is 31.7 Å². The third-order valence-electron chi connectivity index (χ3n) is 2.20. The SMILES string of the molecule is O=C1CCON1C1CCC1. The Morgan fingerprint density at radius 2 is 2.30 bits per heavy atom. The molecule has 1 heterocycles. The fourth-order valence-electron chi connectivity index (χ4n) is 1.34. The van der Waals surface area contributed by atoms with Crippen molar-refractivity contribution >= 4 is 5.91 Å². The highest BCUT2D eigenvalue weighted by molar-refractivity contribution is 5.76. The number of nitrogens with zero attached hydrogens (tertiary/aromatic N) is 1. The molecule has 0 atom stereocenters. The van der Waals surface area contributed by atoms with Crippen LogP contribution in [0.5, 0.6) is 0 Å². The molecular formula is C7H11NO2.